The first-order valence-corrected chi connectivity index (χ1v) is 7.08. The summed E-state index contributed by atoms with van der Waals surface area (Å²) in [4.78, 5) is 11.8. The summed E-state index contributed by atoms with van der Waals surface area (Å²) in [5.74, 6) is 1.05. The molecule has 21 heavy (non-hydrogen) atoms. The molecule has 0 aromatic heterocycles. The quantitative estimate of drug-likeness (QED) is 0.827. The second kappa shape index (κ2) is 6.79. The smallest absolute Gasteiger partial charge is 0.251 e. The number of hydrogen-bond donors (Lipinski definition) is 2. The van der Waals surface area contributed by atoms with E-state index in [4.69, 9.17) is 10.5 Å². The monoisotopic (exact) mass is 284 g/mol. The largest absolute Gasteiger partial charge is 0.455 e. The first-order valence-electron chi connectivity index (χ1n) is 7.08. The predicted molar refractivity (Wildman–Crippen MR) is 84.8 cm³/mol. The van der Waals surface area contributed by atoms with E-state index in [9.17, 15) is 4.79 Å². The number of hydrogen-bond acceptors (Lipinski definition) is 3. The molecule has 4 nitrogen and oxygen atoms in total. The Morgan fingerprint density at radius 1 is 1.14 bits per heavy atom. The molecule has 2 rings (SSSR count). The maximum absolute atomic E-state index is 11.8. The van der Waals surface area contributed by atoms with Crippen LogP contribution in [-0.4, -0.2) is 12.5 Å². The summed E-state index contributed by atoms with van der Waals surface area (Å²) in [5, 5.41) is 2.75. The Balaban J connectivity index is 2.21. The molecule has 0 saturated heterocycles. The van der Waals surface area contributed by atoms with Crippen LogP contribution in [0.15, 0.2) is 42.5 Å². The predicted octanol–water partition coefficient (Wildman–Crippen LogP) is 3.37. The molecule has 2 aromatic rings. The molecule has 0 saturated carbocycles. The van der Waals surface area contributed by atoms with Gasteiger partial charge in [-0.2, -0.15) is 0 Å². The Hall–Kier alpha value is -2.49. The molecule has 0 fully saturated rings. The highest BCUT2D eigenvalue weighted by atomic mass is 16.5. The fourth-order valence-electron chi connectivity index (χ4n) is 1.95. The molecule has 0 bridgehead atoms. The molecule has 0 aliphatic heterocycles. The summed E-state index contributed by atoms with van der Waals surface area (Å²) >= 11 is 0. The van der Waals surface area contributed by atoms with E-state index < -0.39 is 0 Å². The minimum Gasteiger partial charge on any atom is -0.455 e. The summed E-state index contributed by atoms with van der Waals surface area (Å²) in [6.45, 7) is 4.56. The van der Waals surface area contributed by atoms with Gasteiger partial charge in [-0.25, -0.2) is 0 Å². The van der Waals surface area contributed by atoms with Gasteiger partial charge in [0.05, 0.1) is 5.69 Å². The van der Waals surface area contributed by atoms with Gasteiger partial charge in [-0.1, -0.05) is 19.1 Å². The maximum Gasteiger partial charge on any atom is 0.251 e. The van der Waals surface area contributed by atoms with Crippen LogP contribution in [0.25, 0.3) is 0 Å². The molecular weight excluding hydrogens is 264 g/mol. The fraction of sp³-hybridized carbons (Fsp3) is 0.235. The van der Waals surface area contributed by atoms with Crippen LogP contribution in [0.1, 0.15) is 29.8 Å². The highest BCUT2D eigenvalue weighted by molar-refractivity contribution is 5.95. The number of ether oxygens (including phenoxy) is 1. The third-order valence-electron chi connectivity index (χ3n) is 3.17. The molecule has 0 spiro atoms. The van der Waals surface area contributed by atoms with Gasteiger partial charge in [0.15, 0.2) is 5.75 Å². The van der Waals surface area contributed by atoms with Crippen molar-refractivity contribution in [1.29, 1.82) is 0 Å². The Bertz CT molecular complexity index is 621. The second-order valence-electron chi connectivity index (χ2n) is 4.71. The molecule has 1 amide bonds. The zero-order valence-corrected chi connectivity index (χ0v) is 12.3. The van der Waals surface area contributed by atoms with Crippen LogP contribution < -0.4 is 15.8 Å². The molecule has 0 aliphatic carbocycles. The lowest BCUT2D eigenvalue weighted by Crippen LogP contribution is -2.22. The number of nitrogens with one attached hydrogen (secondary N) is 1. The molecule has 0 atom stereocenters. The van der Waals surface area contributed by atoms with Crippen molar-refractivity contribution in [2.45, 2.75) is 20.3 Å². The molecule has 4 heteroatoms. The van der Waals surface area contributed by atoms with Gasteiger partial charge in [-0.05, 0) is 49.2 Å². The lowest BCUT2D eigenvalue weighted by molar-refractivity contribution is 0.0955. The Morgan fingerprint density at radius 3 is 2.48 bits per heavy atom. The lowest BCUT2D eigenvalue weighted by Gasteiger charge is -2.11. The topological polar surface area (TPSA) is 64.4 Å². The van der Waals surface area contributed by atoms with E-state index in [-0.39, 0.29) is 5.91 Å². The van der Waals surface area contributed by atoms with Crippen LogP contribution in [0, 0.1) is 0 Å². The van der Waals surface area contributed by atoms with Crippen molar-refractivity contribution < 1.29 is 9.53 Å². The van der Waals surface area contributed by atoms with Gasteiger partial charge in [0.2, 0.25) is 0 Å². The van der Waals surface area contributed by atoms with E-state index >= 15 is 0 Å². The molecule has 0 heterocycles. The van der Waals surface area contributed by atoms with Crippen LogP contribution in [0.4, 0.5) is 5.69 Å². The third kappa shape index (κ3) is 3.75. The van der Waals surface area contributed by atoms with Crippen LogP contribution in [0.2, 0.25) is 0 Å². The first-order chi connectivity index (χ1) is 10.1. The highest BCUT2D eigenvalue weighted by Gasteiger charge is 2.09. The zero-order valence-electron chi connectivity index (χ0n) is 12.3. The van der Waals surface area contributed by atoms with Crippen molar-refractivity contribution in [2.24, 2.45) is 0 Å². The van der Waals surface area contributed by atoms with Crippen LogP contribution in [0.5, 0.6) is 11.5 Å². The third-order valence-corrected chi connectivity index (χ3v) is 3.17. The molecular formula is C17H20N2O2. The van der Waals surface area contributed by atoms with Gasteiger partial charge in [0, 0.05) is 12.1 Å². The van der Waals surface area contributed by atoms with Gasteiger partial charge >= 0.3 is 0 Å². The number of carbonyl (C=O) groups excluding carboxylic acids is 1. The van der Waals surface area contributed by atoms with Gasteiger partial charge in [-0.15, -0.1) is 0 Å². The summed E-state index contributed by atoms with van der Waals surface area (Å²) in [7, 11) is 0. The molecule has 3 N–H and O–H groups in total. The number of amides is 1. The van der Waals surface area contributed by atoms with Crippen molar-refractivity contribution >= 4 is 11.6 Å². The van der Waals surface area contributed by atoms with Crippen LogP contribution in [-0.2, 0) is 6.42 Å². The number of rotatable bonds is 5. The van der Waals surface area contributed by atoms with E-state index in [2.05, 4.69) is 12.2 Å². The van der Waals surface area contributed by atoms with Crippen molar-refractivity contribution in [3.63, 3.8) is 0 Å². The molecule has 0 unspecified atom stereocenters. The van der Waals surface area contributed by atoms with Crippen molar-refractivity contribution in [3.8, 4) is 11.5 Å². The zero-order chi connectivity index (χ0) is 15.2. The van der Waals surface area contributed by atoms with E-state index in [1.165, 1.54) is 5.56 Å². The van der Waals surface area contributed by atoms with Gasteiger partial charge < -0.3 is 15.8 Å². The number of anilines is 1. The minimum atomic E-state index is -0.135. The summed E-state index contributed by atoms with van der Waals surface area (Å²) < 4.78 is 5.77. The van der Waals surface area contributed by atoms with Gasteiger partial charge in [-0.3, -0.25) is 4.79 Å². The average Bonchev–Trinajstić information content (AvgIpc) is 2.50. The van der Waals surface area contributed by atoms with E-state index in [0.717, 1.165) is 6.42 Å². The number of carbonyl (C=O) groups is 1. The second-order valence-corrected chi connectivity index (χ2v) is 4.71. The summed E-state index contributed by atoms with van der Waals surface area (Å²) in [6, 6.07) is 12.9. The SMILES string of the molecule is CCNC(=O)c1ccc(N)c(Oc2ccc(CC)cc2)c1. The van der Waals surface area contributed by atoms with Crippen molar-refractivity contribution in [2.75, 3.05) is 12.3 Å². The Kier molecular flexibility index (Phi) is 4.82. The van der Waals surface area contributed by atoms with Gasteiger partial charge in [0.1, 0.15) is 5.75 Å². The Morgan fingerprint density at radius 2 is 1.86 bits per heavy atom. The molecule has 110 valence electrons. The van der Waals surface area contributed by atoms with Gasteiger partial charge in [0.25, 0.3) is 5.91 Å². The summed E-state index contributed by atoms with van der Waals surface area (Å²) in [5.41, 5.74) is 8.19. The Labute approximate surface area is 124 Å². The number of nitrogens with two attached hydrogens (primary N) is 1. The number of benzene rings is 2. The van der Waals surface area contributed by atoms with Crippen molar-refractivity contribution in [1.82, 2.24) is 5.32 Å². The molecule has 2 aromatic carbocycles. The van der Waals surface area contributed by atoms with E-state index in [1.807, 2.05) is 31.2 Å². The van der Waals surface area contributed by atoms with Crippen LogP contribution in [0.3, 0.4) is 0 Å². The normalized spacial score (nSPS) is 10.2. The van der Waals surface area contributed by atoms with Crippen molar-refractivity contribution in [3.05, 3.63) is 53.6 Å². The summed E-state index contributed by atoms with van der Waals surface area (Å²) in [6.07, 6.45) is 0.981. The van der Waals surface area contributed by atoms with E-state index in [1.54, 1.807) is 18.2 Å². The lowest BCUT2D eigenvalue weighted by atomic mass is 10.1. The standard InChI is InChI=1S/C17H20N2O2/c1-3-12-5-8-14(9-6-12)21-16-11-13(7-10-15(16)18)17(20)19-4-2/h5-11H,3-4,18H2,1-2H3,(H,19,20). The maximum atomic E-state index is 11.8. The van der Waals surface area contributed by atoms with E-state index in [0.29, 0.717) is 29.3 Å². The fourth-order valence-corrected chi connectivity index (χ4v) is 1.95. The highest BCUT2D eigenvalue weighted by Crippen LogP contribution is 2.28. The minimum absolute atomic E-state index is 0.135. The average molecular weight is 284 g/mol. The number of nitrogen functional groups attached to an aromatic ring is 1. The first kappa shape index (κ1) is 14.9. The molecule has 0 radical (unpaired) electrons. The molecule has 0 aliphatic rings. The number of aryl methyl sites for hydroxylation is 1. The van der Waals surface area contributed by atoms with Crippen LogP contribution >= 0.6 is 0 Å².